The van der Waals surface area contributed by atoms with E-state index >= 15 is 0 Å². The fraction of sp³-hybridized carbons (Fsp3) is 0.300. The van der Waals surface area contributed by atoms with Crippen molar-refractivity contribution in [2.24, 2.45) is 0 Å². The molecule has 2 aromatic carbocycles. The van der Waals surface area contributed by atoms with E-state index < -0.39 is 0 Å². The summed E-state index contributed by atoms with van der Waals surface area (Å²) in [4.78, 5) is 23.0. The van der Waals surface area contributed by atoms with Crippen molar-refractivity contribution >= 4 is 23.2 Å². The molecule has 0 aromatic heterocycles. The molecule has 0 bridgehead atoms. The second-order valence-corrected chi connectivity index (χ2v) is 6.23. The van der Waals surface area contributed by atoms with Gasteiger partial charge in [-0.25, -0.2) is 0 Å². The van der Waals surface area contributed by atoms with Gasteiger partial charge in [-0.2, -0.15) is 0 Å². The van der Waals surface area contributed by atoms with Gasteiger partial charge in [0.05, 0.1) is 0 Å². The Kier molecular flexibility index (Phi) is 5.33. The van der Waals surface area contributed by atoms with Crippen LogP contribution >= 0.6 is 0 Å². The molecule has 2 N–H and O–H groups in total. The molecule has 0 heterocycles. The van der Waals surface area contributed by atoms with Crippen molar-refractivity contribution in [3.63, 3.8) is 0 Å². The molecule has 5 heteroatoms. The van der Waals surface area contributed by atoms with Gasteiger partial charge in [-0.15, -0.1) is 0 Å². The van der Waals surface area contributed by atoms with Gasteiger partial charge in [0, 0.05) is 18.3 Å². The van der Waals surface area contributed by atoms with Gasteiger partial charge in [0.15, 0.2) is 6.61 Å². The minimum absolute atomic E-state index is 0.0355. The SMILES string of the molecule is CC(=O)Nc1ccc(NC(=O)COc2ccc3c(c2)CCCC3)cc1. The van der Waals surface area contributed by atoms with E-state index in [1.165, 1.54) is 30.9 Å². The number of hydrogen-bond acceptors (Lipinski definition) is 3. The fourth-order valence-electron chi connectivity index (χ4n) is 2.99. The maximum absolute atomic E-state index is 12.0. The number of ether oxygens (including phenoxy) is 1. The number of hydrogen-bond donors (Lipinski definition) is 2. The minimum atomic E-state index is -0.218. The molecule has 0 atom stereocenters. The molecule has 3 rings (SSSR count). The summed E-state index contributed by atoms with van der Waals surface area (Å²) in [6.07, 6.45) is 4.67. The van der Waals surface area contributed by atoms with Crippen molar-refractivity contribution in [1.82, 2.24) is 0 Å². The average Bonchev–Trinajstić information content (AvgIpc) is 2.61. The van der Waals surface area contributed by atoms with E-state index in [1.54, 1.807) is 24.3 Å². The molecule has 0 unspecified atom stereocenters. The Morgan fingerprint density at radius 1 is 0.920 bits per heavy atom. The van der Waals surface area contributed by atoms with Crippen LogP contribution in [0.1, 0.15) is 30.9 Å². The summed E-state index contributed by atoms with van der Waals surface area (Å²) in [5, 5.41) is 5.46. The van der Waals surface area contributed by atoms with Gasteiger partial charge in [0.25, 0.3) is 5.91 Å². The second kappa shape index (κ2) is 7.83. The zero-order valence-corrected chi connectivity index (χ0v) is 14.3. The molecule has 2 amide bonds. The van der Waals surface area contributed by atoms with Gasteiger partial charge < -0.3 is 15.4 Å². The minimum Gasteiger partial charge on any atom is -0.484 e. The zero-order chi connectivity index (χ0) is 17.6. The lowest BCUT2D eigenvalue weighted by molar-refractivity contribution is -0.118. The second-order valence-electron chi connectivity index (χ2n) is 6.23. The van der Waals surface area contributed by atoms with E-state index in [4.69, 9.17) is 4.74 Å². The third-order valence-corrected chi connectivity index (χ3v) is 4.18. The molecular weight excluding hydrogens is 316 g/mol. The lowest BCUT2D eigenvalue weighted by Crippen LogP contribution is -2.20. The number of carbonyl (C=O) groups excluding carboxylic acids is 2. The first kappa shape index (κ1) is 17.0. The summed E-state index contributed by atoms with van der Waals surface area (Å²) in [5.74, 6) is 0.386. The quantitative estimate of drug-likeness (QED) is 0.876. The van der Waals surface area contributed by atoms with E-state index in [1.807, 2.05) is 12.1 Å². The fourth-order valence-corrected chi connectivity index (χ4v) is 2.99. The van der Waals surface area contributed by atoms with E-state index in [9.17, 15) is 9.59 Å². The highest BCUT2D eigenvalue weighted by atomic mass is 16.5. The van der Waals surface area contributed by atoms with Crippen molar-refractivity contribution in [3.8, 4) is 5.75 Å². The van der Waals surface area contributed by atoms with Crippen molar-refractivity contribution in [1.29, 1.82) is 0 Å². The Morgan fingerprint density at radius 2 is 1.56 bits per heavy atom. The monoisotopic (exact) mass is 338 g/mol. The summed E-state index contributed by atoms with van der Waals surface area (Å²) in [6, 6.07) is 13.0. The molecule has 0 saturated heterocycles. The first-order valence-electron chi connectivity index (χ1n) is 8.52. The molecule has 0 spiro atoms. The molecule has 0 fully saturated rings. The topological polar surface area (TPSA) is 67.4 Å². The molecule has 5 nitrogen and oxygen atoms in total. The van der Waals surface area contributed by atoms with E-state index in [0.29, 0.717) is 11.4 Å². The third-order valence-electron chi connectivity index (χ3n) is 4.18. The smallest absolute Gasteiger partial charge is 0.262 e. The number of nitrogens with one attached hydrogen (secondary N) is 2. The highest BCUT2D eigenvalue weighted by Crippen LogP contribution is 2.25. The van der Waals surface area contributed by atoms with Gasteiger partial charge in [-0.05, 0) is 73.2 Å². The molecule has 0 aliphatic heterocycles. The van der Waals surface area contributed by atoms with Crippen LogP contribution in [0.2, 0.25) is 0 Å². The molecule has 0 saturated carbocycles. The molecule has 2 aromatic rings. The Labute approximate surface area is 147 Å². The van der Waals surface area contributed by atoms with Crippen LogP contribution in [0.25, 0.3) is 0 Å². The summed E-state index contributed by atoms with van der Waals surface area (Å²) >= 11 is 0. The molecule has 0 radical (unpaired) electrons. The lowest BCUT2D eigenvalue weighted by atomic mass is 9.92. The van der Waals surface area contributed by atoms with Gasteiger partial charge >= 0.3 is 0 Å². The first-order valence-corrected chi connectivity index (χ1v) is 8.52. The van der Waals surface area contributed by atoms with E-state index in [0.717, 1.165) is 18.6 Å². The normalized spacial score (nSPS) is 12.8. The molecule has 130 valence electrons. The predicted molar refractivity (Wildman–Crippen MR) is 98.0 cm³/mol. The van der Waals surface area contributed by atoms with Crippen molar-refractivity contribution in [2.75, 3.05) is 17.2 Å². The standard InChI is InChI=1S/C20H22N2O3/c1-14(23)21-17-7-9-18(10-8-17)22-20(24)13-25-19-11-6-15-4-2-3-5-16(15)12-19/h6-12H,2-5,13H2,1H3,(H,21,23)(H,22,24). The largest absolute Gasteiger partial charge is 0.484 e. The van der Waals surface area contributed by atoms with Crippen LogP contribution in [0, 0.1) is 0 Å². The van der Waals surface area contributed by atoms with Crippen LogP contribution in [0.3, 0.4) is 0 Å². The summed E-state index contributed by atoms with van der Waals surface area (Å²) < 4.78 is 5.61. The highest BCUT2D eigenvalue weighted by molar-refractivity contribution is 5.93. The van der Waals surface area contributed by atoms with Gasteiger partial charge in [0.2, 0.25) is 5.91 Å². The van der Waals surface area contributed by atoms with Crippen LogP contribution in [0.15, 0.2) is 42.5 Å². The number of aryl methyl sites for hydroxylation is 2. The first-order chi connectivity index (χ1) is 12.1. The third kappa shape index (κ3) is 4.83. The van der Waals surface area contributed by atoms with Crippen LogP contribution in [-0.4, -0.2) is 18.4 Å². The molecule has 25 heavy (non-hydrogen) atoms. The van der Waals surface area contributed by atoms with E-state index in [-0.39, 0.29) is 18.4 Å². The molecule has 1 aliphatic rings. The Bertz CT molecular complexity index is 769. The maximum atomic E-state index is 12.0. The number of rotatable bonds is 5. The number of fused-ring (bicyclic) bond motifs is 1. The highest BCUT2D eigenvalue weighted by Gasteiger charge is 2.11. The van der Waals surface area contributed by atoms with E-state index in [2.05, 4.69) is 16.7 Å². The van der Waals surface area contributed by atoms with Crippen LogP contribution in [0.5, 0.6) is 5.75 Å². The number of amides is 2. The molecule has 1 aliphatic carbocycles. The molecular formula is C20H22N2O3. The Balaban J connectivity index is 1.51. The average molecular weight is 338 g/mol. The number of carbonyl (C=O) groups is 2. The number of anilines is 2. The van der Waals surface area contributed by atoms with Gasteiger partial charge in [0.1, 0.15) is 5.75 Å². The Morgan fingerprint density at radius 3 is 2.24 bits per heavy atom. The maximum Gasteiger partial charge on any atom is 0.262 e. The zero-order valence-electron chi connectivity index (χ0n) is 14.3. The van der Waals surface area contributed by atoms with Crippen molar-refractivity contribution in [2.45, 2.75) is 32.6 Å². The predicted octanol–water partition coefficient (Wildman–Crippen LogP) is 3.54. The summed E-state index contributed by atoms with van der Waals surface area (Å²) in [5.41, 5.74) is 4.07. The summed E-state index contributed by atoms with van der Waals surface area (Å²) in [7, 11) is 0. The van der Waals surface area contributed by atoms with Gasteiger partial charge in [-0.3, -0.25) is 9.59 Å². The number of benzene rings is 2. The van der Waals surface area contributed by atoms with Crippen LogP contribution in [-0.2, 0) is 22.4 Å². The van der Waals surface area contributed by atoms with Crippen LogP contribution < -0.4 is 15.4 Å². The lowest BCUT2D eigenvalue weighted by Gasteiger charge is -2.16. The Hall–Kier alpha value is -2.82. The van der Waals surface area contributed by atoms with Gasteiger partial charge in [-0.1, -0.05) is 6.07 Å². The van der Waals surface area contributed by atoms with Crippen molar-refractivity contribution in [3.05, 3.63) is 53.6 Å². The van der Waals surface area contributed by atoms with Crippen molar-refractivity contribution < 1.29 is 14.3 Å². The van der Waals surface area contributed by atoms with Crippen LogP contribution in [0.4, 0.5) is 11.4 Å². The summed E-state index contributed by atoms with van der Waals surface area (Å²) in [6.45, 7) is 1.42.